The van der Waals surface area contributed by atoms with Gasteiger partial charge in [-0.25, -0.2) is 9.97 Å². The number of carbonyl (C=O) groups is 1. The van der Waals surface area contributed by atoms with E-state index in [0.717, 1.165) is 86.5 Å². The fourth-order valence-corrected chi connectivity index (χ4v) is 9.85. The van der Waals surface area contributed by atoms with Crippen molar-refractivity contribution >= 4 is 11.6 Å². The molecule has 3 atom stereocenters. The van der Waals surface area contributed by atoms with Gasteiger partial charge in [-0.15, -0.1) is 0 Å². The van der Waals surface area contributed by atoms with Crippen LogP contribution in [-0.4, -0.2) is 64.9 Å². The van der Waals surface area contributed by atoms with Gasteiger partial charge in [0.15, 0.2) is 0 Å². The number of pyridine rings is 2. The van der Waals surface area contributed by atoms with Crippen LogP contribution in [0.2, 0.25) is 0 Å². The number of likely N-dealkylation sites (tertiary alicyclic amines) is 2. The monoisotopic (exact) mass is 842 g/mol. The Morgan fingerprint density at radius 2 is 1.21 bits per heavy atom. The van der Waals surface area contributed by atoms with Crippen molar-refractivity contribution in [1.82, 2.24) is 19.8 Å². The summed E-state index contributed by atoms with van der Waals surface area (Å²) in [4.78, 5) is 30.8. The summed E-state index contributed by atoms with van der Waals surface area (Å²) in [6, 6.07) is 40.2. The number of rotatable bonds is 14. The molecule has 10 rings (SSSR count). The molecule has 11 nitrogen and oxygen atoms in total. The van der Waals surface area contributed by atoms with Crippen molar-refractivity contribution in [2.75, 3.05) is 44.2 Å². The van der Waals surface area contributed by atoms with Crippen molar-refractivity contribution < 1.29 is 23.7 Å². The Balaban J connectivity index is 0.903. The molecule has 1 amide bonds. The highest BCUT2D eigenvalue weighted by Gasteiger charge is 2.51. The van der Waals surface area contributed by atoms with Gasteiger partial charge in [-0.05, 0) is 135 Å². The molecule has 2 aromatic heterocycles. The fraction of sp³-hybridized carbons (Fsp3) is 0.327. The quantitative estimate of drug-likeness (QED) is 0.114. The number of nitrogens with zero attached hydrogens (tertiary/aromatic N) is 5. The van der Waals surface area contributed by atoms with E-state index in [2.05, 4.69) is 51.1 Å². The largest absolute Gasteiger partial charge is 0.485 e. The first kappa shape index (κ1) is 40.6. The summed E-state index contributed by atoms with van der Waals surface area (Å²) in [7, 11) is 0. The van der Waals surface area contributed by atoms with Crippen molar-refractivity contribution in [1.29, 1.82) is 0 Å². The maximum Gasteiger partial charge on any atom is 0.263 e. The van der Waals surface area contributed by atoms with Crippen LogP contribution in [0, 0.1) is 0 Å². The lowest BCUT2D eigenvalue weighted by Gasteiger charge is -2.49. The molecule has 322 valence electrons. The molecule has 0 saturated carbocycles. The number of anilines is 1. The van der Waals surface area contributed by atoms with E-state index in [1.165, 1.54) is 24.0 Å². The van der Waals surface area contributed by atoms with Crippen LogP contribution in [0.5, 0.6) is 34.8 Å². The number of nitrogens with two attached hydrogens (primary N) is 1. The molecule has 63 heavy (non-hydrogen) atoms. The van der Waals surface area contributed by atoms with Gasteiger partial charge in [0.2, 0.25) is 17.4 Å². The molecule has 4 aliphatic rings. The maximum atomic E-state index is 14.4. The summed E-state index contributed by atoms with van der Waals surface area (Å²) in [5, 5.41) is 0. The van der Waals surface area contributed by atoms with Crippen LogP contribution < -0.4 is 29.6 Å². The number of aryl methyl sites for hydroxylation is 2. The molecular formula is C52H54N6O5. The Morgan fingerprint density at radius 3 is 1.71 bits per heavy atom. The number of ether oxygens (including phenoxy) is 4. The van der Waals surface area contributed by atoms with Gasteiger partial charge in [-0.2, -0.15) is 0 Å². The number of fused-ring (bicyclic) bond motifs is 2. The van der Waals surface area contributed by atoms with Crippen LogP contribution in [0.4, 0.5) is 5.69 Å². The Morgan fingerprint density at radius 1 is 0.667 bits per heavy atom. The van der Waals surface area contributed by atoms with Gasteiger partial charge in [0, 0.05) is 50.1 Å². The third-order valence-corrected chi connectivity index (χ3v) is 13.0. The normalized spacial score (nSPS) is 19.5. The summed E-state index contributed by atoms with van der Waals surface area (Å²) in [5.41, 5.74) is 11.3. The Labute approximate surface area is 369 Å². The number of primary amides is 1. The first-order chi connectivity index (χ1) is 31.0. The lowest BCUT2D eigenvalue weighted by molar-refractivity contribution is -0.130. The molecule has 0 aliphatic carbocycles. The molecule has 0 spiro atoms. The van der Waals surface area contributed by atoms with E-state index in [9.17, 15) is 4.79 Å². The number of carbonyl (C=O) groups excluding carboxylic acids is 1. The standard InChI is InChI=1S/C52H54N6O5/c53-51(59)52(57-29-9-10-30-57,41-17-25-49(54-35-41)60-43-19-23-47-39(33-43)15-21-45(62-47)37-11-3-1-4-12-37)58(32-31-56-27-7-8-28-56)42-18-26-50(55-36-42)61-44-20-24-48-40(34-44)16-22-46(63-48)38-13-5-2-6-14-38/h1-6,11-14,17-20,23-26,33-36,45-46H,7-10,15-16,21-22,27-32H2,(H2,53,59). The van der Waals surface area contributed by atoms with E-state index in [-0.39, 0.29) is 12.2 Å². The minimum atomic E-state index is -1.33. The minimum absolute atomic E-state index is 0.0305. The number of benzene rings is 4. The second kappa shape index (κ2) is 18.1. The molecule has 2 N–H and O–H groups in total. The van der Waals surface area contributed by atoms with Crippen molar-refractivity contribution in [3.63, 3.8) is 0 Å². The lowest BCUT2D eigenvalue weighted by atomic mass is 9.94. The maximum absolute atomic E-state index is 14.4. The zero-order chi connectivity index (χ0) is 42.6. The summed E-state index contributed by atoms with van der Waals surface area (Å²) < 4.78 is 25.4. The third kappa shape index (κ3) is 8.55. The number of amides is 1. The highest BCUT2D eigenvalue weighted by atomic mass is 16.5. The van der Waals surface area contributed by atoms with Crippen molar-refractivity contribution in [2.24, 2.45) is 5.73 Å². The van der Waals surface area contributed by atoms with Gasteiger partial charge in [-0.1, -0.05) is 60.7 Å². The highest BCUT2D eigenvalue weighted by Crippen LogP contribution is 2.42. The van der Waals surface area contributed by atoms with Gasteiger partial charge in [0.05, 0.1) is 11.9 Å². The van der Waals surface area contributed by atoms with Gasteiger partial charge in [0.1, 0.15) is 35.2 Å². The predicted octanol–water partition coefficient (Wildman–Crippen LogP) is 9.53. The molecule has 11 heteroatoms. The smallest absolute Gasteiger partial charge is 0.263 e. The summed E-state index contributed by atoms with van der Waals surface area (Å²) in [5.74, 6) is 3.54. The number of hydrogen-bond donors (Lipinski definition) is 1. The van der Waals surface area contributed by atoms with Crippen LogP contribution in [0.3, 0.4) is 0 Å². The second-order valence-corrected chi connectivity index (χ2v) is 17.0. The van der Waals surface area contributed by atoms with Crippen LogP contribution in [-0.2, 0) is 23.3 Å². The molecule has 4 aliphatic heterocycles. The van der Waals surface area contributed by atoms with Gasteiger partial charge < -0.3 is 34.5 Å². The van der Waals surface area contributed by atoms with Gasteiger partial charge >= 0.3 is 0 Å². The van der Waals surface area contributed by atoms with Crippen LogP contribution in [0.1, 0.15) is 78.6 Å². The Hall–Kier alpha value is -6.43. The zero-order valence-electron chi connectivity index (χ0n) is 35.6. The second-order valence-electron chi connectivity index (χ2n) is 17.0. The Kier molecular flexibility index (Phi) is 11.7. The summed E-state index contributed by atoms with van der Waals surface area (Å²) >= 11 is 0. The predicted molar refractivity (Wildman–Crippen MR) is 242 cm³/mol. The molecular weight excluding hydrogens is 789 g/mol. The van der Waals surface area contributed by atoms with E-state index in [1.54, 1.807) is 12.4 Å². The van der Waals surface area contributed by atoms with E-state index >= 15 is 0 Å². The molecule has 2 saturated heterocycles. The summed E-state index contributed by atoms with van der Waals surface area (Å²) in [6.45, 7) is 4.81. The van der Waals surface area contributed by atoms with E-state index in [1.807, 2.05) is 84.9 Å². The van der Waals surface area contributed by atoms with Crippen molar-refractivity contribution in [2.45, 2.75) is 69.2 Å². The first-order valence-electron chi connectivity index (χ1n) is 22.5. The number of aromatic nitrogens is 2. The van der Waals surface area contributed by atoms with Crippen LogP contribution in [0.15, 0.2) is 134 Å². The average Bonchev–Trinajstić information content (AvgIpc) is 4.08. The molecule has 0 bridgehead atoms. The van der Waals surface area contributed by atoms with Gasteiger partial charge in [0.25, 0.3) is 5.91 Å². The lowest BCUT2D eigenvalue weighted by Crippen LogP contribution is -2.65. The summed E-state index contributed by atoms with van der Waals surface area (Å²) in [6.07, 6.45) is 11.4. The average molecular weight is 843 g/mol. The Bertz CT molecular complexity index is 2490. The van der Waals surface area contributed by atoms with Crippen LogP contribution >= 0.6 is 0 Å². The molecule has 3 unspecified atom stereocenters. The van der Waals surface area contributed by atoms with Crippen molar-refractivity contribution in [3.05, 3.63) is 162 Å². The first-order valence-corrected chi connectivity index (χ1v) is 22.5. The molecule has 0 radical (unpaired) electrons. The molecule has 4 aromatic carbocycles. The zero-order valence-corrected chi connectivity index (χ0v) is 35.6. The minimum Gasteiger partial charge on any atom is -0.485 e. The van der Waals surface area contributed by atoms with Crippen LogP contribution in [0.25, 0.3) is 0 Å². The molecule has 2 fully saturated rings. The third-order valence-electron chi connectivity index (χ3n) is 13.0. The SMILES string of the molecule is NC(=O)C(c1ccc(Oc2ccc3c(c2)CCC(c2ccccc2)O3)nc1)(N1CCCC1)N(CCN1CCCC1)c1ccc(Oc2ccc3c(c2)CCC(c2ccccc2)O3)nc1. The molecule has 6 heterocycles. The van der Waals surface area contributed by atoms with E-state index in [0.29, 0.717) is 48.5 Å². The molecule has 6 aromatic rings. The van der Waals surface area contributed by atoms with Gasteiger partial charge in [-0.3, -0.25) is 9.69 Å². The van der Waals surface area contributed by atoms with E-state index < -0.39 is 11.6 Å². The van der Waals surface area contributed by atoms with Crippen molar-refractivity contribution in [3.8, 4) is 34.8 Å². The van der Waals surface area contributed by atoms with E-state index in [4.69, 9.17) is 34.6 Å². The fourth-order valence-electron chi connectivity index (χ4n) is 9.85. The topological polar surface area (TPSA) is 116 Å². The highest BCUT2D eigenvalue weighted by molar-refractivity contribution is 5.89. The number of hydrogen-bond acceptors (Lipinski definition) is 10.